The number of nitrogens with zero attached hydrogens (tertiary/aromatic N) is 2. The second kappa shape index (κ2) is 5.48. The van der Waals surface area contributed by atoms with Crippen molar-refractivity contribution < 1.29 is 22.0 Å². The number of rotatable bonds is 4. The fraction of sp³-hybridized carbons (Fsp3) is 0.250. The van der Waals surface area contributed by atoms with Gasteiger partial charge in [0.1, 0.15) is 5.69 Å². The molecule has 0 unspecified atom stereocenters. The summed E-state index contributed by atoms with van der Waals surface area (Å²) in [4.78, 5) is 0. The highest BCUT2D eigenvalue weighted by Gasteiger charge is 2.25. The molecule has 0 saturated heterocycles. The summed E-state index contributed by atoms with van der Waals surface area (Å²) in [6, 6.07) is 1.68. The Balaban J connectivity index is 2.13. The predicted molar refractivity (Wildman–Crippen MR) is 61.6 cm³/mol. The van der Waals surface area contributed by atoms with E-state index in [1.165, 1.54) is 4.68 Å². The van der Waals surface area contributed by atoms with Crippen LogP contribution < -0.4 is 5.32 Å². The van der Waals surface area contributed by atoms with Gasteiger partial charge in [0, 0.05) is 26.2 Å². The Bertz CT molecular complexity index is 609. The molecule has 0 amide bonds. The molecule has 3 nitrogen and oxygen atoms in total. The molecule has 1 aromatic heterocycles. The van der Waals surface area contributed by atoms with Gasteiger partial charge in [-0.05, 0) is 6.07 Å². The molecular formula is C12H10F5N3. The molecule has 0 spiro atoms. The second-order valence-electron chi connectivity index (χ2n) is 4.10. The van der Waals surface area contributed by atoms with E-state index in [1.807, 2.05) is 0 Å². The van der Waals surface area contributed by atoms with E-state index in [-0.39, 0.29) is 13.0 Å². The molecule has 20 heavy (non-hydrogen) atoms. The van der Waals surface area contributed by atoms with Gasteiger partial charge in [-0.1, -0.05) is 0 Å². The highest BCUT2D eigenvalue weighted by molar-refractivity contribution is 5.47. The Hall–Kier alpha value is -2.12. The first-order valence-corrected chi connectivity index (χ1v) is 5.65. The van der Waals surface area contributed by atoms with Crippen molar-refractivity contribution >= 4 is 5.69 Å². The van der Waals surface area contributed by atoms with E-state index in [0.717, 1.165) is 0 Å². The van der Waals surface area contributed by atoms with Gasteiger partial charge in [-0.25, -0.2) is 22.0 Å². The first-order valence-electron chi connectivity index (χ1n) is 5.65. The van der Waals surface area contributed by atoms with Gasteiger partial charge in [0.25, 0.3) is 0 Å². The Kier molecular flexibility index (Phi) is 3.91. The van der Waals surface area contributed by atoms with E-state index in [2.05, 4.69) is 10.4 Å². The van der Waals surface area contributed by atoms with E-state index < -0.39 is 34.8 Å². The van der Waals surface area contributed by atoms with Gasteiger partial charge in [-0.3, -0.25) is 4.68 Å². The molecule has 0 saturated carbocycles. The minimum absolute atomic E-state index is 0.0185. The molecule has 108 valence electrons. The molecule has 1 heterocycles. The van der Waals surface area contributed by atoms with Crippen LogP contribution in [-0.4, -0.2) is 16.3 Å². The Labute approximate surface area is 111 Å². The smallest absolute Gasteiger partial charge is 0.200 e. The fourth-order valence-electron chi connectivity index (χ4n) is 1.67. The van der Waals surface area contributed by atoms with Gasteiger partial charge >= 0.3 is 0 Å². The second-order valence-corrected chi connectivity index (χ2v) is 4.10. The minimum atomic E-state index is -2.17. The van der Waals surface area contributed by atoms with Gasteiger partial charge in [0.15, 0.2) is 23.3 Å². The maximum atomic E-state index is 13.3. The minimum Gasteiger partial charge on any atom is -0.380 e. The van der Waals surface area contributed by atoms with Crippen LogP contribution in [0.5, 0.6) is 0 Å². The molecule has 0 atom stereocenters. The van der Waals surface area contributed by atoms with E-state index in [0.29, 0.717) is 5.69 Å². The SMILES string of the molecule is Cn1ccc(CCNc2c(F)c(F)c(F)c(F)c2F)n1. The van der Waals surface area contributed by atoms with Crippen molar-refractivity contribution in [3.63, 3.8) is 0 Å². The molecule has 0 aliphatic carbocycles. The van der Waals surface area contributed by atoms with Crippen molar-refractivity contribution in [3.8, 4) is 0 Å². The van der Waals surface area contributed by atoms with Crippen LogP contribution in [0.2, 0.25) is 0 Å². The summed E-state index contributed by atoms with van der Waals surface area (Å²) in [5.41, 5.74) is -0.402. The van der Waals surface area contributed by atoms with Crippen molar-refractivity contribution in [2.75, 3.05) is 11.9 Å². The molecule has 8 heteroatoms. The molecule has 0 fully saturated rings. The van der Waals surface area contributed by atoms with Gasteiger partial charge in [0.2, 0.25) is 5.82 Å². The highest BCUT2D eigenvalue weighted by atomic mass is 19.2. The lowest BCUT2D eigenvalue weighted by atomic mass is 10.2. The molecule has 2 rings (SSSR count). The molecule has 0 radical (unpaired) electrons. The van der Waals surface area contributed by atoms with Crippen molar-refractivity contribution in [1.82, 2.24) is 9.78 Å². The van der Waals surface area contributed by atoms with E-state index in [4.69, 9.17) is 0 Å². The van der Waals surface area contributed by atoms with Crippen LogP contribution in [0.25, 0.3) is 0 Å². The predicted octanol–water partition coefficient (Wildman–Crippen LogP) is 2.77. The van der Waals surface area contributed by atoms with Crippen molar-refractivity contribution in [2.45, 2.75) is 6.42 Å². The topological polar surface area (TPSA) is 29.9 Å². The molecule has 0 bridgehead atoms. The van der Waals surface area contributed by atoms with E-state index >= 15 is 0 Å². The van der Waals surface area contributed by atoms with Crippen LogP contribution in [0.1, 0.15) is 5.69 Å². The van der Waals surface area contributed by atoms with Gasteiger partial charge < -0.3 is 5.32 Å². The quantitative estimate of drug-likeness (QED) is 0.533. The first-order chi connectivity index (χ1) is 9.41. The fourth-order valence-corrected chi connectivity index (χ4v) is 1.67. The number of aromatic nitrogens is 2. The van der Waals surface area contributed by atoms with Crippen molar-refractivity contribution in [2.24, 2.45) is 7.05 Å². The van der Waals surface area contributed by atoms with Crippen LogP contribution in [0.4, 0.5) is 27.6 Å². The third-order valence-electron chi connectivity index (χ3n) is 2.66. The molecular weight excluding hydrogens is 281 g/mol. The normalized spacial score (nSPS) is 10.9. The third kappa shape index (κ3) is 2.59. The Morgan fingerprint density at radius 2 is 1.55 bits per heavy atom. The van der Waals surface area contributed by atoms with Crippen molar-refractivity contribution in [3.05, 3.63) is 47.0 Å². The van der Waals surface area contributed by atoms with E-state index in [9.17, 15) is 22.0 Å². The standard InChI is InChI=1S/C12H10F5N3/c1-20-5-3-6(19-20)2-4-18-12-10(16)8(14)7(13)9(15)11(12)17/h3,5,18H,2,4H2,1H3. The molecule has 0 aliphatic heterocycles. The zero-order valence-corrected chi connectivity index (χ0v) is 10.4. The average molecular weight is 291 g/mol. The lowest BCUT2D eigenvalue weighted by Crippen LogP contribution is -2.12. The lowest BCUT2D eigenvalue weighted by Gasteiger charge is -2.10. The lowest BCUT2D eigenvalue weighted by molar-refractivity contribution is 0.381. The summed E-state index contributed by atoms with van der Waals surface area (Å²) in [6.45, 7) is -0.0185. The number of hydrogen-bond acceptors (Lipinski definition) is 2. The molecule has 2 aromatic rings. The number of aryl methyl sites for hydroxylation is 1. The van der Waals surface area contributed by atoms with Gasteiger partial charge in [-0.15, -0.1) is 0 Å². The molecule has 1 N–H and O–H groups in total. The van der Waals surface area contributed by atoms with Crippen LogP contribution >= 0.6 is 0 Å². The summed E-state index contributed by atoms with van der Waals surface area (Å²) in [7, 11) is 1.70. The number of anilines is 1. The van der Waals surface area contributed by atoms with Gasteiger partial charge in [0.05, 0.1) is 5.69 Å². The Morgan fingerprint density at radius 3 is 2.05 bits per heavy atom. The molecule has 1 aromatic carbocycles. The third-order valence-corrected chi connectivity index (χ3v) is 2.66. The summed E-state index contributed by atoms with van der Waals surface area (Å²) in [5, 5.41) is 6.22. The highest BCUT2D eigenvalue weighted by Crippen LogP contribution is 2.26. The zero-order valence-electron chi connectivity index (χ0n) is 10.4. The summed E-state index contributed by atoms with van der Waals surface area (Å²) in [5.74, 6) is -9.85. The van der Waals surface area contributed by atoms with Crippen LogP contribution in [0, 0.1) is 29.1 Å². The number of nitrogens with one attached hydrogen (secondary N) is 1. The Morgan fingerprint density at radius 1 is 1.00 bits per heavy atom. The molecule has 0 aliphatic rings. The van der Waals surface area contributed by atoms with Crippen LogP contribution in [0.15, 0.2) is 12.3 Å². The van der Waals surface area contributed by atoms with Crippen molar-refractivity contribution in [1.29, 1.82) is 0 Å². The first kappa shape index (κ1) is 14.3. The average Bonchev–Trinajstić information content (AvgIpc) is 2.84. The van der Waals surface area contributed by atoms with Crippen LogP contribution in [0.3, 0.4) is 0 Å². The number of hydrogen-bond donors (Lipinski definition) is 1. The monoisotopic (exact) mass is 291 g/mol. The van der Waals surface area contributed by atoms with Crippen LogP contribution in [-0.2, 0) is 13.5 Å². The zero-order chi connectivity index (χ0) is 14.9. The van der Waals surface area contributed by atoms with E-state index in [1.54, 1.807) is 19.3 Å². The van der Waals surface area contributed by atoms with Gasteiger partial charge in [-0.2, -0.15) is 5.10 Å². The summed E-state index contributed by atoms with van der Waals surface area (Å²) >= 11 is 0. The maximum absolute atomic E-state index is 13.3. The number of benzene rings is 1. The summed E-state index contributed by atoms with van der Waals surface area (Å²) in [6.07, 6.45) is 1.95. The maximum Gasteiger partial charge on any atom is 0.200 e. The largest absolute Gasteiger partial charge is 0.380 e. The number of halogens is 5. The summed E-state index contributed by atoms with van der Waals surface area (Å²) < 4.78 is 66.9.